The quantitative estimate of drug-likeness (QED) is 0.600. The Kier molecular flexibility index (Phi) is 4.87. The monoisotopic (exact) mass is 365 g/mol. The van der Waals surface area contributed by atoms with Gasteiger partial charge in [-0.15, -0.1) is 0 Å². The van der Waals surface area contributed by atoms with Crippen molar-refractivity contribution in [3.63, 3.8) is 0 Å². The van der Waals surface area contributed by atoms with Crippen molar-refractivity contribution >= 4 is 17.9 Å². The van der Waals surface area contributed by atoms with Crippen molar-refractivity contribution in [1.82, 2.24) is 9.55 Å². The number of hydrogen-bond acceptors (Lipinski definition) is 8. The number of nitrogen functional groups attached to an aromatic ring is 1. The molecule has 1 aromatic heterocycles. The lowest BCUT2D eigenvalue weighted by Crippen LogP contribution is -2.57. The van der Waals surface area contributed by atoms with Gasteiger partial charge in [-0.2, -0.15) is 4.98 Å². The summed E-state index contributed by atoms with van der Waals surface area (Å²) in [6.07, 6.45) is 1.54. The Morgan fingerprint density at radius 1 is 1.58 bits per heavy atom. The SMILES string of the molecule is C=Cc1cn([C@]2(C(=O)OCC3CCC3)O[C@H](C)[C@@H](O)[C@H]2O)c(=O)nc1N. The zero-order chi connectivity index (χ0) is 19.1. The molecule has 3 rings (SSSR count). The standard InChI is InChI=1S/C17H23N3O6/c1-3-11-7-20(16(24)19-14(11)18)17(13(22)12(21)9(2)26-17)15(23)25-8-10-5-4-6-10/h3,7,9-10,12-13,21-22H,1,4-6,8H2,2H3,(H2,18,19,24)/t9-,12-,13-,17+/m1/s1. The first-order valence-electron chi connectivity index (χ1n) is 8.54. The highest BCUT2D eigenvalue weighted by molar-refractivity contribution is 5.79. The van der Waals surface area contributed by atoms with Gasteiger partial charge in [0.1, 0.15) is 18.0 Å². The molecular weight excluding hydrogens is 342 g/mol. The predicted octanol–water partition coefficient (Wildman–Crippen LogP) is -0.395. The van der Waals surface area contributed by atoms with Gasteiger partial charge in [0.25, 0.3) is 5.72 Å². The summed E-state index contributed by atoms with van der Waals surface area (Å²) in [5.41, 5.74) is 2.80. The van der Waals surface area contributed by atoms with Gasteiger partial charge in [0, 0.05) is 11.8 Å². The Morgan fingerprint density at radius 2 is 2.27 bits per heavy atom. The first kappa shape index (κ1) is 18.6. The second kappa shape index (κ2) is 6.82. The summed E-state index contributed by atoms with van der Waals surface area (Å²) in [6.45, 7) is 5.22. The fourth-order valence-corrected chi connectivity index (χ4v) is 3.21. The molecule has 0 amide bonds. The van der Waals surface area contributed by atoms with Crippen LogP contribution in [0.2, 0.25) is 0 Å². The van der Waals surface area contributed by atoms with Crippen LogP contribution in [0.4, 0.5) is 5.82 Å². The lowest BCUT2D eigenvalue weighted by molar-refractivity contribution is -0.201. The highest BCUT2D eigenvalue weighted by Gasteiger charge is 2.61. The van der Waals surface area contributed by atoms with E-state index in [0.717, 1.165) is 23.8 Å². The summed E-state index contributed by atoms with van der Waals surface area (Å²) < 4.78 is 11.8. The second-order valence-corrected chi connectivity index (χ2v) is 6.79. The zero-order valence-electron chi connectivity index (χ0n) is 14.5. The number of aliphatic hydroxyl groups excluding tert-OH is 2. The van der Waals surface area contributed by atoms with E-state index in [4.69, 9.17) is 15.2 Å². The van der Waals surface area contributed by atoms with Crippen LogP contribution in [0.1, 0.15) is 31.7 Å². The van der Waals surface area contributed by atoms with Gasteiger partial charge in [0.2, 0.25) is 0 Å². The maximum absolute atomic E-state index is 12.9. The largest absolute Gasteiger partial charge is 0.462 e. The topological polar surface area (TPSA) is 137 Å². The Labute approximate surface area is 150 Å². The summed E-state index contributed by atoms with van der Waals surface area (Å²) in [7, 11) is 0. The molecule has 9 heteroatoms. The van der Waals surface area contributed by atoms with Gasteiger partial charge in [0.15, 0.2) is 0 Å². The van der Waals surface area contributed by atoms with E-state index in [1.165, 1.54) is 19.2 Å². The Bertz CT molecular complexity index is 774. The van der Waals surface area contributed by atoms with Crippen molar-refractivity contribution < 1.29 is 24.5 Å². The number of anilines is 1. The van der Waals surface area contributed by atoms with Crippen molar-refractivity contribution in [2.75, 3.05) is 12.3 Å². The minimum atomic E-state index is -2.24. The second-order valence-electron chi connectivity index (χ2n) is 6.79. The zero-order valence-corrected chi connectivity index (χ0v) is 14.5. The average Bonchev–Trinajstić information content (AvgIpc) is 2.78. The average molecular weight is 365 g/mol. The van der Waals surface area contributed by atoms with Crippen molar-refractivity contribution in [2.45, 2.75) is 50.2 Å². The molecular formula is C17H23N3O6. The molecule has 2 aliphatic rings. The van der Waals surface area contributed by atoms with Crippen molar-refractivity contribution in [1.29, 1.82) is 0 Å². The van der Waals surface area contributed by atoms with Crippen molar-refractivity contribution in [2.24, 2.45) is 5.92 Å². The number of carbonyl (C=O) groups excluding carboxylic acids is 1. The number of rotatable bonds is 5. The number of carbonyl (C=O) groups is 1. The summed E-state index contributed by atoms with van der Waals surface area (Å²) in [4.78, 5) is 29.0. The third-order valence-electron chi connectivity index (χ3n) is 5.10. The molecule has 4 atom stereocenters. The number of nitrogens with two attached hydrogens (primary N) is 1. The molecule has 9 nitrogen and oxygen atoms in total. The smallest absolute Gasteiger partial charge is 0.363 e. The Hall–Kier alpha value is -2.23. The summed E-state index contributed by atoms with van der Waals surface area (Å²) >= 11 is 0. The minimum absolute atomic E-state index is 0.0691. The van der Waals surface area contributed by atoms with Crippen LogP contribution in [-0.2, 0) is 20.0 Å². The Morgan fingerprint density at radius 3 is 2.77 bits per heavy atom. The molecule has 0 unspecified atom stereocenters. The van der Waals surface area contributed by atoms with E-state index in [9.17, 15) is 19.8 Å². The molecule has 0 spiro atoms. The van der Waals surface area contributed by atoms with Crippen LogP contribution < -0.4 is 11.4 Å². The van der Waals surface area contributed by atoms with Gasteiger partial charge in [-0.1, -0.05) is 19.1 Å². The van der Waals surface area contributed by atoms with Gasteiger partial charge >= 0.3 is 11.7 Å². The number of ether oxygens (including phenoxy) is 2. The fourth-order valence-electron chi connectivity index (χ4n) is 3.21. The first-order chi connectivity index (χ1) is 12.3. The van der Waals surface area contributed by atoms with Gasteiger partial charge in [-0.25, -0.2) is 9.59 Å². The summed E-state index contributed by atoms with van der Waals surface area (Å²) in [5, 5.41) is 20.7. The molecule has 1 aromatic rings. The Balaban J connectivity index is 2.05. The molecule has 0 bridgehead atoms. The normalized spacial score (nSPS) is 31.4. The van der Waals surface area contributed by atoms with E-state index >= 15 is 0 Å². The van der Waals surface area contributed by atoms with Crippen LogP contribution in [0.5, 0.6) is 0 Å². The summed E-state index contributed by atoms with van der Waals surface area (Å²) in [5.74, 6) is -0.772. The van der Waals surface area contributed by atoms with Crippen molar-refractivity contribution in [3.8, 4) is 0 Å². The fraction of sp³-hybridized carbons (Fsp3) is 0.588. The number of nitrogens with zero attached hydrogens (tertiary/aromatic N) is 2. The van der Waals surface area contributed by atoms with E-state index in [1.54, 1.807) is 0 Å². The maximum Gasteiger partial charge on any atom is 0.363 e. The van der Waals surface area contributed by atoms with Crippen LogP contribution in [0.25, 0.3) is 6.08 Å². The number of aliphatic hydroxyl groups is 2. The van der Waals surface area contributed by atoms with Crippen LogP contribution >= 0.6 is 0 Å². The van der Waals surface area contributed by atoms with Crippen LogP contribution in [0.3, 0.4) is 0 Å². The third kappa shape index (κ3) is 2.81. The molecule has 1 saturated carbocycles. The van der Waals surface area contributed by atoms with Crippen LogP contribution in [-0.4, -0.2) is 50.7 Å². The van der Waals surface area contributed by atoms with Crippen molar-refractivity contribution in [3.05, 3.63) is 28.8 Å². The van der Waals surface area contributed by atoms with E-state index in [0.29, 0.717) is 0 Å². The number of esters is 1. The van der Waals surface area contributed by atoms with Gasteiger partial charge in [-0.05, 0) is 25.7 Å². The molecule has 1 aliphatic carbocycles. The molecule has 142 valence electrons. The lowest BCUT2D eigenvalue weighted by atomic mass is 9.86. The molecule has 2 heterocycles. The maximum atomic E-state index is 12.9. The van der Waals surface area contributed by atoms with Gasteiger partial charge in [0.05, 0.1) is 12.7 Å². The molecule has 4 N–H and O–H groups in total. The van der Waals surface area contributed by atoms with Gasteiger partial charge in [-0.3, -0.25) is 4.57 Å². The predicted molar refractivity (Wildman–Crippen MR) is 91.8 cm³/mol. The molecule has 2 fully saturated rings. The van der Waals surface area contributed by atoms with Crippen LogP contribution in [0, 0.1) is 5.92 Å². The number of aromatic nitrogens is 2. The molecule has 1 aliphatic heterocycles. The minimum Gasteiger partial charge on any atom is -0.462 e. The van der Waals surface area contributed by atoms with E-state index < -0.39 is 35.7 Å². The molecule has 0 aromatic carbocycles. The number of hydrogen-bond donors (Lipinski definition) is 3. The van der Waals surface area contributed by atoms with E-state index in [-0.39, 0.29) is 23.9 Å². The molecule has 26 heavy (non-hydrogen) atoms. The summed E-state index contributed by atoms with van der Waals surface area (Å²) in [6, 6.07) is 0. The first-order valence-corrected chi connectivity index (χ1v) is 8.54. The van der Waals surface area contributed by atoms with E-state index in [2.05, 4.69) is 11.6 Å². The highest BCUT2D eigenvalue weighted by atomic mass is 16.6. The molecule has 1 saturated heterocycles. The molecule has 0 radical (unpaired) electrons. The third-order valence-corrected chi connectivity index (χ3v) is 5.10. The van der Waals surface area contributed by atoms with Crippen LogP contribution in [0.15, 0.2) is 17.6 Å². The van der Waals surface area contributed by atoms with E-state index in [1.807, 2.05) is 0 Å². The van der Waals surface area contributed by atoms with Gasteiger partial charge < -0.3 is 25.4 Å². The lowest BCUT2D eigenvalue weighted by Gasteiger charge is -2.33. The highest BCUT2D eigenvalue weighted by Crippen LogP contribution is 2.37.